The van der Waals surface area contributed by atoms with E-state index in [1.54, 1.807) is 23.2 Å². The predicted molar refractivity (Wildman–Crippen MR) is 85.5 cm³/mol. The zero-order chi connectivity index (χ0) is 15.4. The normalized spacial score (nSPS) is 12.0. The molecule has 3 aromatic rings. The maximum atomic E-state index is 12.3. The molecular formula is C16H14BrN3O2. The maximum Gasteiger partial charge on any atom is 0.252 e. The number of hydrogen-bond acceptors (Lipinski definition) is 3. The topological polar surface area (TPSA) is 60.1 Å². The first-order chi connectivity index (χ1) is 10.8. The first kappa shape index (κ1) is 14.6. The van der Waals surface area contributed by atoms with Gasteiger partial charge < -0.3 is 9.73 Å². The van der Waals surface area contributed by atoms with Crippen LogP contribution in [-0.2, 0) is 0 Å². The number of nitrogens with zero attached hydrogens (tertiary/aromatic N) is 2. The zero-order valence-electron chi connectivity index (χ0n) is 11.6. The third-order valence-electron chi connectivity index (χ3n) is 3.29. The molecule has 1 N–H and O–H groups in total. The van der Waals surface area contributed by atoms with Crippen molar-refractivity contribution in [3.8, 4) is 0 Å². The van der Waals surface area contributed by atoms with Crippen molar-refractivity contribution in [3.05, 3.63) is 76.9 Å². The number of carbonyl (C=O) groups is 1. The molecule has 0 fully saturated rings. The number of hydrogen-bond donors (Lipinski definition) is 1. The molecule has 1 atom stereocenters. The van der Waals surface area contributed by atoms with Crippen LogP contribution in [0.3, 0.4) is 0 Å². The first-order valence-corrected chi connectivity index (χ1v) is 7.60. The molecule has 0 radical (unpaired) electrons. The molecule has 0 aliphatic heterocycles. The molecule has 6 heteroatoms. The maximum absolute atomic E-state index is 12.3. The summed E-state index contributed by atoms with van der Waals surface area (Å²) in [4.78, 5) is 12.3. The minimum atomic E-state index is -0.184. The summed E-state index contributed by atoms with van der Waals surface area (Å²) >= 11 is 3.38. The summed E-state index contributed by atoms with van der Waals surface area (Å²) < 4.78 is 7.99. The van der Waals surface area contributed by atoms with Gasteiger partial charge in [-0.3, -0.25) is 9.48 Å². The van der Waals surface area contributed by atoms with Crippen molar-refractivity contribution in [1.29, 1.82) is 0 Å². The lowest BCUT2D eigenvalue weighted by Crippen LogP contribution is -2.31. The number of furan rings is 1. The zero-order valence-corrected chi connectivity index (χ0v) is 13.2. The van der Waals surface area contributed by atoms with E-state index >= 15 is 0 Å². The Bertz CT molecular complexity index is 704. The van der Waals surface area contributed by atoms with Crippen molar-refractivity contribution >= 4 is 21.8 Å². The average molecular weight is 360 g/mol. The summed E-state index contributed by atoms with van der Waals surface area (Å²) in [5.41, 5.74) is 0.598. The number of amides is 1. The molecule has 1 amide bonds. The molecule has 0 spiro atoms. The lowest BCUT2D eigenvalue weighted by Gasteiger charge is -2.16. The molecular weight excluding hydrogens is 346 g/mol. The van der Waals surface area contributed by atoms with Gasteiger partial charge in [0, 0.05) is 23.4 Å². The Hall–Kier alpha value is -2.34. The van der Waals surface area contributed by atoms with Gasteiger partial charge in [-0.2, -0.15) is 5.10 Å². The van der Waals surface area contributed by atoms with Crippen LogP contribution in [0.2, 0.25) is 0 Å². The van der Waals surface area contributed by atoms with Gasteiger partial charge in [0.2, 0.25) is 0 Å². The summed E-state index contributed by atoms with van der Waals surface area (Å²) in [5.74, 6) is 0.604. The molecule has 22 heavy (non-hydrogen) atoms. The Morgan fingerprint density at radius 3 is 2.82 bits per heavy atom. The van der Waals surface area contributed by atoms with E-state index in [1.165, 1.54) is 0 Å². The molecule has 3 rings (SSSR count). The number of halogens is 1. The average Bonchev–Trinajstić information content (AvgIpc) is 3.21. The Labute approximate surface area is 136 Å². The second-order valence-electron chi connectivity index (χ2n) is 4.71. The highest BCUT2D eigenvalue weighted by Crippen LogP contribution is 2.19. The fraction of sp³-hybridized carbons (Fsp3) is 0.125. The van der Waals surface area contributed by atoms with E-state index in [0.717, 1.165) is 10.2 Å². The standard InChI is InChI=1S/C16H14BrN3O2/c17-13-6-2-1-5-12(13)16(21)18-11-14(15-7-3-10-22-15)20-9-4-8-19-20/h1-10,14H,11H2,(H,18,21). The lowest BCUT2D eigenvalue weighted by molar-refractivity contribution is 0.0947. The summed E-state index contributed by atoms with van der Waals surface area (Å²) in [6, 6.07) is 12.7. The third-order valence-corrected chi connectivity index (χ3v) is 3.98. The van der Waals surface area contributed by atoms with Gasteiger partial charge in [-0.25, -0.2) is 0 Å². The molecule has 5 nitrogen and oxygen atoms in total. The van der Waals surface area contributed by atoms with Crippen LogP contribution in [0.4, 0.5) is 0 Å². The van der Waals surface area contributed by atoms with Gasteiger partial charge in [-0.1, -0.05) is 12.1 Å². The Balaban J connectivity index is 1.75. The van der Waals surface area contributed by atoms with Crippen LogP contribution in [0.25, 0.3) is 0 Å². The highest BCUT2D eigenvalue weighted by molar-refractivity contribution is 9.10. The van der Waals surface area contributed by atoms with Gasteiger partial charge in [-0.15, -0.1) is 0 Å². The van der Waals surface area contributed by atoms with E-state index in [9.17, 15) is 4.79 Å². The number of carbonyl (C=O) groups excluding carboxylic acids is 1. The highest BCUT2D eigenvalue weighted by Gasteiger charge is 2.19. The smallest absolute Gasteiger partial charge is 0.252 e. The summed E-state index contributed by atoms with van der Waals surface area (Å²) in [5, 5.41) is 7.16. The number of aromatic nitrogens is 2. The van der Waals surface area contributed by atoms with Gasteiger partial charge in [0.15, 0.2) is 0 Å². The number of rotatable bonds is 5. The van der Waals surface area contributed by atoms with Crippen molar-refractivity contribution in [3.63, 3.8) is 0 Å². The molecule has 0 bridgehead atoms. The molecule has 2 heterocycles. The van der Waals surface area contributed by atoms with Gasteiger partial charge in [-0.05, 0) is 46.3 Å². The summed E-state index contributed by atoms with van der Waals surface area (Å²) in [6.07, 6.45) is 5.16. The Morgan fingerprint density at radius 2 is 2.14 bits per heavy atom. The van der Waals surface area contributed by atoms with Crippen LogP contribution < -0.4 is 5.32 Å². The van der Waals surface area contributed by atoms with E-state index in [-0.39, 0.29) is 11.9 Å². The van der Waals surface area contributed by atoms with Crippen molar-refractivity contribution in [2.75, 3.05) is 6.54 Å². The second-order valence-corrected chi connectivity index (χ2v) is 5.56. The predicted octanol–water partition coefficient (Wildman–Crippen LogP) is 3.26. The first-order valence-electron chi connectivity index (χ1n) is 6.81. The van der Waals surface area contributed by atoms with Crippen LogP contribution in [0, 0.1) is 0 Å². The van der Waals surface area contributed by atoms with E-state index in [2.05, 4.69) is 26.3 Å². The molecule has 112 valence electrons. The second kappa shape index (κ2) is 6.62. The van der Waals surface area contributed by atoms with Crippen LogP contribution in [0.15, 0.2) is 70.0 Å². The monoisotopic (exact) mass is 359 g/mol. The molecule has 0 aliphatic rings. The van der Waals surface area contributed by atoms with E-state index in [1.807, 2.05) is 42.6 Å². The van der Waals surface area contributed by atoms with E-state index in [0.29, 0.717) is 12.1 Å². The quantitative estimate of drug-likeness (QED) is 0.760. The van der Waals surface area contributed by atoms with Crippen LogP contribution >= 0.6 is 15.9 Å². The van der Waals surface area contributed by atoms with Crippen molar-refractivity contribution < 1.29 is 9.21 Å². The van der Waals surface area contributed by atoms with Crippen LogP contribution in [-0.4, -0.2) is 22.2 Å². The molecule has 1 unspecified atom stereocenters. The Kier molecular flexibility index (Phi) is 4.39. The number of benzene rings is 1. The van der Waals surface area contributed by atoms with Crippen molar-refractivity contribution in [2.24, 2.45) is 0 Å². The Morgan fingerprint density at radius 1 is 1.27 bits per heavy atom. The van der Waals surface area contributed by atoms with Gasteiger partial charge in [0.1, 0.15) is 11.8 Å². The number of nitrogens with one attached hydrogen (secondary N) is 1. The van der Waals surface area contributed by atoms with E-state index < -0.39 is 0 Å². The summed E-state index contributed by atoms with van der Waals surface area (Å²) in [6.45, 7) is 0.384. The van der Waals surface area contributed by atoms with Gasteiger partial charge in [0.25, 0.3) is 5.91 Å². The fourth-order valence-corrected chi connectivity index (χ4v) is 2.67. The molecule has 0 aliphatic carbocycles. The lowest BCUT2D eigenvalue weighted by atomic mass is 10.2. The molecule has 2 aromatic heterocycles. The van der Waals surface area contributed by atoms with E-state index in [4.69, 9.17) is 4.42 Å². The highest BCUT2D eigenvalue weighted by atomic mass is 79.9. The largest absolute Gasteiger partial charge is 0.467 e. The van der Waals surface area contributed by atoms with Gasteiger partial charge in [0.05, 0.1) is 11.8 Å². The minimum Gasteiger partial charge on any atom is -0.467 e. The van der Waals surface area contributed by atoms with Crippen molar-refractivity contribution in [1.82, 2.24) is 15.1 Å². The molecule has 0 saturated heterocycles. The SMILES string of the molecule is O=C(NCC(c1ccco1)n1cccn1)c1ccccc1Br. The van der Waals surface area contributed by atoms with Crippen LogP contribution in [0.5, 0.6) is 0 Å². The van der Waals surface area contributed by atoms with Gasteiger partial charge >= 0.3 is 0 Å². The minimum absolute atomic E-state index is 0.142. The summed E-state index contributed by atoms with van der Waals surface area (Å²) in [7, 11) is 0. The van der Waals surface area contributed by atoms with Crippen LogP contribution in [0.1, 0.15) is 22.2 Å². The fourth-order valence-electron chi connectivity index (χ4n) is 2.20. The molecule has 1 aromatic carbocycles. The third kappa shape index (κ3) is 3.12. The van der Waals surface area contributed by atoms with Crippen molar-refractivity contribution in [2.45, 2.75) is 6.04 Å². The molecule has 0 saturated carbocycles.